The summed E-state index contributed by atoms with van der Waals surface area (Å²) in [6.45, 7) is 1.71. The van der Waals surface area contributed by atoms with Crippen LogP contribution in [0.25, 0.3) is 0 Å². The van der Waals surface area contributed by atoms with Crippen LogP contribution in [0, 0.1) is 0 Å². The molecule has 1 unspecified atom stereocenters. The van der Waals surface area contributed by atoms with E-state index in [0.29, 0.717) is 11.5 Å². The predicted molar refractivity (Wildman–Crippen MR) is 68.1 cm³/mol. The molecule has 1 amide bonds. The Morgan fingerprint density at radius 2 is 2.28 bits per heavy atom. The van der Waals surface area contributed by atoms with Crippen LogP contribution in [-0.2, 0) is 4.79 Å². The van der Waals surface area contributed by atoms with Crippen LogP contribution in [0.2, 0.25) is 0 Å². The lowest BCUT2D eigenvalue weighted by Crippen LogP contribution is -2.24. The molecule has 0 aliphatic heterocycles. The van der Waals surface area contributed by atoms with E-state index in [0.717, 1.165) is 0 Å². The number of carbonyl (C=O) groups excluding carboxylic acids is 1. The molecule has 2 rings (SSSR count). The summed E-state index contributed by atoms with van der Waals surface area (Å²) in [5.41, 5.74) is 6.03. The first kappa shape index (κ1) is 12.0. The van der Waals surface area contributed by atoms with Crippen molar-refractivity contribution in [3.05, 3.63) is 36.5 Å². The van der Waals surface area contributed by atoms with Gasteiger partial charge in [0.05, 0.1) is 0 Å². The highest BCUT2D eigenvalue weighted by Crippen LogP contribution is 2.17. The van der Waals surface area contributed by atoms with Crippen LogP contribution >= 0.6 is 0 Å². The van der Waals surface area contributed by atoms with E-state index in [1.165, 1.54) is 16.8 Å². The molecule has 0 fully saturated rings. The summed E-state index contributed by atoms with van der Waals surface area (Å²) in [6, 6.07) is 7.50. The van der Waals surface area contributed by atoms with Gasteiger partial charge in [-0.2, -0.15) is 5.10 Å². The topological polar surface area (TPSA) is 93.2 Å². The first-order valence-electron chi connectivity index (χ1n) is 5.47. The van der Waals surface area contributed by atoms with Gasteiger partial charge in [-0.3, -0.25) is 9.48 Å². The number of nitrogens with zero attached hydrogens (tertiary/aromatic N) is 2. The molecule has 18 heavy (non-hydrogen) atoms. The summed E-state index contributed by atoms with van der Waals surface area (Å²) in [7, 11) is 0. The van der Waals surface area contributed by atoms with E-state index in [1.807, 2.05) is 0 Å². The maximum absolute atomic E-state index is 11.9. The van der Waals surface area contributed by atoms with Gasteiger partial charge in [-0.25, -0.2) is 0 Å². The van der Waals surface area contributed by atoms with Crippen LogP contribution in [0.1, 0.15) is 13.0 Å². The molecule has 0 spiro atoms. The second-order valence-corrected chi connectivity index (χ2v) is 3.94. The van der Waals surface area contributed by atoms with Crippen molar-refractivity contribution in [1.29, 1.82) is 0 Å². The Labute approximate surface area is 104 Å². The zero-order chi connectivity index (χ0) is 13.1. The van der Waals surface area contributed by atoms with Crippen LogP contribution in [0.15, 0.2) is 36.5 Å². The Morgan fingerprint density at radius 1 is 1.50 bits per heavy atom. The van der Waals surface area contributed by atoms with E-state index in [4.69, 9.17) is 5.73 Å². The molecule has 94 valence electrons. The van der Waals surface area contributed by atoms with Crippen molar-refractivity contribution in [2.75, 3.05) is 11.1 Å². The molecule has 6 nitrogen and oxygen atoms in total. The fraction of sp³-hybridized carbons (Fsp3) is 0.167. The number of carbonyl (C=O) groups is 1. The Morgan fingerprint density at radius 3 is 2.89 bits per heavy atom. The lowest BCUT2D eigenvalue weighted by Gasteiger charge is -2.12. The third kappa shape index (κ3) is 2.60. The van der Waals surface area contributed by atoms with Gasteiger partial charge in [0.25, 0.3) is 0 Å². The molecule has 0 aliphatic carbocycles. The summed E-state index contributed by atoms with van der Waals surface area (Å²) in [5, 5.41) is 16.0. The number of aromatic nitrogens is 2. The number of nitrogens with two attached hydrogens (primary N) is 1. The molecule has 4 N–H and O–H groups in total. The fourth-order valence-electron chi connectivity index (χ4n) is 1.52. The summed E-state index contributed by atoms with van der Waals surface area (Å²) in [5.74, 6) is 0.236. The number of amides is 1. The molecule has 2 aromatic rings. The van der Waals surface area contributed by atoms with E-state index in [9.17, 15) is 9.90 Å². The van der Waals surface area contributed by atoms with Gasteiger partial charge in [0.2, 0.25) is 5.91 Å². The molecular weight excluding hydrogens is 232 g/mol. The molecule has 0 bridgehead atoms. The third-order valence-corrected chi connectivity index (χ3v) is 2.52. The van der Waals surface area contributed by atoms with Gasteiger partial charge >= 0.3 is 0 Å². The Hall–Kier alpha value is -2.50. The van der Waals surface area contributed by atoms with Crippen molar-refractivity contribution in [2.24, 2.45) is 0 Å². The zero-order valence-corrected chi connectivity index (χ0v) is 9.87. The van der Waals surface area contributed by atoms with Crippen molar-refractivity contribution in [1.82, 2.24) is 9.78 Å². The minimum absolute atomic E-state index is 0.101. The molecule has 1 heterocycles. The molecular formula is C12H14N4O2. The quantitative estimate of drug-likeness (QED) is 0.762. The van der Waals surface area contributed by atoms with Crippen molar-refractivity contribution in [2.45, 2.75) is 13.0 Å². The number of nitrogens with one attached hydrogen (secondary N) is 1. The number of rotatable bonds is 3. The second kappa shape index (κ2) is 4.79. The summed E-state index contributed by atoms with van der Waals surface area (Å²) in [4.78, 5) is 11.9. The number of phenols is 1. The molecule has 6 heteroatoms. The van der Waals surface area contributed by atoms with Crippen LogP contribution in [0.3, 0.4) is 0 Å². The molecule has 0 aliphatic rings. The molecule has 1 atom stereocenters. The van der Waals surface area contributed by atoms with Crippen LogP contribution < -0.4 is 11.1 Å². The van der Waals surface area contributed by atoms with E-state index >= 15 is 0 Å². The summed E-state index contributed by atoms with van der Waals surface area (Å²) < 4.78 is 1.48. The smallest absolute Gasteiger partial charge is 0.248 e. The predicted octanol–water partition coefficient (Wildman–Crippen LogP) is 1.37. The Kier molecular flexibility index (Phi) is 3.18. The van der Waals surface area contributed by atoms with Crippen molar-refractivity contribution in [3.63, 3.8) is 0 Å². The van der Waals surface area contributed by atoms with Crippen LogP contribution in [0.5, 0.6) is 5.75 Å². The molecule has 0 radical (unpaired) electrons. The van der Waals surface area contributed by atoms with Crippen molar-refractivity contribution in [3.8, 4) is 5.75 Å². The number of hydrogen-bond acceptors (Lipinski definition) is 4. The highest BCUT2D eigenvalue weighted by Gasteiger charge is 2.15. The molecule has 1 aromatic carbocycles. The summed E-state index contributed by atoms with van der Waals surface area (Å²) >= 11 is 0. The molecule has 1 aromatic heterocycles. The fourth-order valence-corrected chi connectivity index (χ4v) is 1.52. The molecule has 0 saturated carbocycles. The summed E-state index contributed by atoms with van der Waals surface area (Å²) in [6.07, 6.45) is 1.64. The van der Waals surface area contributed by atoms with Gasteiger partial charge < -0.3 is 16.2 Å². The number of nitrogen functional groups attached to an aromatic ring is 1. The lowest BCUT2D eigenvalue weighted by molar-refractivity contribution is -0.119. The third-order valence-electron chi connectivity index (χ3n) is 2.52. The highest BCUT2D eigenvalue weighted by molar-refractivity contribution is 5.93. The van der Waals surface area contributed by atoms with Gasteiger partial charge in [0, 0.05) is 18.0 Å². The minimum atomic E-state index is -0.482. The molecule has 0 saturated heterocycles. The van der Waals surface area contributed by atoms with Crippen molar-refractivity contribution < 1.29 is 9.90 Å². The van der Waals surface area contributed by atoms with Crippen LogP contribution in [-0.4, -0.2) is 20.8 Å². The van der Waals surface area contributed by atoms with Gasteiger partial charge in [0.15, 0.2) is 0 Å². The number of phenolic OH excluding ortho intramolecular Hbond substituents is 1. The highest BCUT2D eigenvalue weighted by atomic mass is 16.3. The maximum Gasteiger partial charge on any atom is 0.248 e. The van der Waals surface area contributed by atoms with E-state index in [2.05, 4.69) is 10.4 Å². The number of aromatic hydroxyl groups is 1. The Bertz CT molecular complexity index is 565. The van der Waals surface area contributed by atoms with Gasteiger partial charge in [-0.05, 0) is 25.1 Å². The first-order valence-corrected chi connectivity index (χ1v) is 5.47. The first-order chi connectivity index (χ1) is 8.56. The largest absolute Gasteiger partial charge is 0.508 e. The number of anilines is 2. The van der Waals surface area contributed by atoms with Gasteiger partial charge in [-0.1, -0.05) is 6.07 Å². The minimum Gasteiger partial charge on any atom is -0.508 e. The lowest BCUT2D eigenvalue weighted by atomic mass is 10.2. The average Bonchev–Trinajstić information content (AvgIpc) is 2.75. The normalized spacial score (nSPS) is 12.1. The van der Waals surface area contributed by atoms with E-state index < -0.39 is 6.04 Å². The van der Waals surface area contributed by atoms with Gasteiger partial charge in [-0.15, -0.1) is 0 Å². The number of benzene rings is 1. The standard InChI is InChI=1S/C12H14N4O2/c1-8(16-6-5-11(13)15-16)12(18)14-9-3-2-4-10(17)7-9/h2-8,17H,1H3,(H2,13,15)(H,14,18). The monoisotopic (exact) mass is 246 g/mol. The SMILES string of the molecule is CC(C(=O)Nc1cccc(O)c1)n1ccc(N)n1. The van der Waals surface area contributed by atoms with Crippen molar-refractivity contribution >= 4 is 17.4 Å². The maximum atomic E-state index is 11.9. The van der Waals surface area contributed by atoms with Gasteiger partial charge in [0.1, 0.15) is 17.6 Å². The second-order valence-electron chi connectivity index (χ2n) is 3.94. The van der Waals surface area contributed by atoms with Crippen LogP contribution in [0.4, 0.5) is 11.5 Å². The van der Waals surface area contributed by atoms with E-state index in [-0.39, 0.29) is 11.7 Å². The average molecular weight is 246 g/mol. The zero-order valence-electron chi connectivity index (χ0n) is 9.87. The number of hydrogen-bond donors (Lipinski definition) is 3. The van der Waals surface area contributed by atoms with E-state index in [1.54, 1.807) is 31.3 Å². The Balaban J connectivity index is 2.08.